The van der Waals surface area contributed by atoms with Crippen LogP contribution in [0.25, 0.3) is 0 Å². The molecule has 0 atom stereocenters. The van der Waals surface area contributed by atoms with E-state index in [4.69, 9.17) is 0 Å². The van der Waals surface area contributed by atoms with Crippen molar-refractivity contribution in [2.45, 2.75) is 0 Å². The summed E-state index contributed by atoms with van der Waals surface area (Å²) in [5.74, 6) is 0. The van der Waals surface area contributed by atoms with Crippen molar-refractivity contribution >= 4 is 86.6 Å². The summed E-state index contributed by atoms with van der Waals surface area (Å²) in [5, 5.41) is 0. The zero-order valence-corrected chi connectivity index (χ0v) is 9.58. The molecule has 0 aromatic carbocycles. The normalized spacial score (nSPS) is 0. The number of rotatable bonds is 0. The maximum absolute atomic E-state index is 0. The molecule has 0 aliphatic rings. The molecule has 0 aromatic heterocycles. The van der Waals surface area contributed by atoms with Gasteiger partial charge in [0.25, 0.3) is 0 Å². The number of hydrogen-bond acceptors (Lipinski definition) is 0. The first kappa shape index (κ1) is 27.7. The van der Waals surface area contributed by atoms with Crippen LogP contribution in [0.1, 0.15) is 0 Å². The van der Waals surface area contributed by atoms with Gasteiger partial charge in [-0.05, 0) is 0 Å². The summed E-state index contributed by atoms with van der Waals surface area (Å²) in [7, 11) is 0. The van der Waals surface area contributed by atoms with Crippen molar-refractivity contribution in [3.63, 3.8) is 0 Å². The summed E-state index contributed by atoms with van der Waals surface area (Å²) in [6.07, 6.45) is 0. The molecule has 0 bridgehead atoms. The van der Waals surface area contributed by atoms with Gasteiger partial charge in [0.15, 0.2) is 0 Å². The first-order valence-electron chi connectivity index (χ1n) is 0. The van der Waals surface area contributed by atoms with Crippen molar-refractivity contribution in [2.24, 2.45) is 0 Å². The van der Waals surface area contributed by atoms with Gasteiger partial charge in [0.2, 0.25) is 0 Å². The van der Waals surface area contributed by atoms with Gasteiger partial charge in [0, 0.05) is 0 Å². The van der Waals surface area contributed by atoms with E-state index in [0.29, 0.717) is 0 Å². The molecule has 0 spiro atoms. The van der Waals surface area contributed by atoms with Crippen molar-refractivity contribution in [1.29, 1.82) is 0 Å². The van der Waals surface area contributed by atoms with E-state index in [1.54, 1.807) is 0 Å². The maximum atomic E-state index is 0. The molecule has 4 heavy (non-hydrogen) atoms. The van der Waals surface area contributed by atoms with E-state index in [1.807, 2.05) is 0 Å². The average Bonchev–Trinajstić information content (AvgIpc) is 0. The van der Waals surface area contributed by atoms with E-state index in [0.717, 1.165) is 0 Å². The Balaban J connectivity index is 0. The van der Waals surface area contributed by atoms with Gasteiger partial charge < -0.3 is 17.1 Å². The molecule has 0 saturated heterocycles. The van der Waals surface area contributed by atoms with Crippen molar-refractivity contribution in [3.05, 3.63) is 0 Å². The number of halogens is 2. The second kappa shape index (κ2) is 16.6. The molecule has 0 amide bonds. The minimum Gasteiger partial charge on any atom is -1.00 e. The Hall–Kier alpha value is 3.05. The third kappa shape index (κ3) is 8.90. The van der Waals surface area contributed by atoms with Crippen LogP contribution in [0.2, 0.25) is 0 Å². The second-order valence-electron chi connectivity index (χ2n) is 0. The molecule has 0 unspecified atom stereocenters. The minimum atomic E-state index is 0. The van der Waals surface area contributed by atoms with E-state index >= 15 is 0 Å². The Morgan fingerprint density at radius 1 is 1.00 bits per heavy atom. The third-order valence-electron chi connectivity index (χ3n) is 0. The summed E-state index contributed by atoms with van der Waals surface area (Å²) in [6, 6.07) is 0. The molecule has 16 valence electrons. The van der Waals surface area contributed by atoms with Crippen LogP contribution in [0.4, 0.5) is 0 Å². The van der Waals surface area contributed by atoms with Gasteiger partial charge in [-0.3, -0.25) is 0 Å². The summed E-state index contributed by atoms with van der Waals surface area (Å²) in [5.41, 5.74) is 0. The van der Waals surface area contributed by atoms with E-state index in [1.165, 1.54) is 0 Å². The van der Waals surface area contributed by atoms with Crippen LogP contribution < -0.4 is 17.1 Å². The predicted molar refractivity (Wildman–Crippen MR) is 11.5 cm³/mol. The van der Waals surface area contributed by atoms with Crippen LogP contribution >= 0.6 is 0 Å². The molecular formula is BaCaClF+2. The van der Waals surface area contributed by atoms with Crippen molar-refractivity contribution in [2.75, 3.05) is 0 Å². The van der Waals surface area contributed by atoms with Gasteiger partial charge >= 0.3 is 86.6 Å². The minimum absolute atomic E-state index is 0. The Morgan fingerprint density at radius 3 is 1.00 bits per heavy atom. The second-order valence-corrected chi connectivity index (χ2v) is 0. The van der Waals surface area contributed by atoms with E-state index < -0.39 is 0 Å². The van der Waals surface area contributed by atoms with Crippen LogP contribution in [0.15, 0.2) is 0 Å². The molecule has 0 heterocycles. The summed E-state index contributed by atoms with van der Waals surface area (Å²) in [6.45, 7) is 0. The monoisotopic (exact) mass is 232 g/mol. The molecule has 0 nitrogen and oxygen atoms in total. The fourth-order valence-electron chi connectivity index (χ4n) is 0. The zero-order chi connectivity index (χ0) is 0. The van der Waals surface area contributed by atoms with Crippen molar-refractivity contribution < 1.29 is 17.1 Å². The van der Waals surface area contributed by atoms with E-state index in [2.05, 4.69) is 0 Å². The maximum Gasteiger partial charge on any atom is 2.00 e. The van der Waals surface area contributed by atoms with Crippen LogP contribution in [0, 0.1) is 0 Å². The van der Waals surface area contributed by atoms with Crippen LogP contribution in [0.5, 0.6) is 0 Å². The summed E-state index contributed by atoms with van der Waals surface area (Å²) < 4.78 is 0. The molecule has 0 fully saturated rings. The van der Waals surface area contributed by atoms with Gasteiger partial charge in [0.1, 0.15) is 0 Å². The molecule has 0 aromatic rings. The number of hydrogen-bond donors (Lipinski definition) is 0. The summed E-state index contributed by atoms with van der Waals surface area (Å²) in [4.78, 5) is 0. The van der Waals surface area contributed by atoms with Gasteiger partial charge in [-0.15, -0.1) is 0 Å². The fraction of sp³-hybridized carbons (Fsp3) is 0. The standard InChI is InChI=1S/Ba.Ca.ClH.FH/h;;2*1H/q2*+2;;/p-2. The topological polar surface area (TPSA) is 0 Å². The van der Waals surface area contributed by atoms with Gasteiger partial charge in [0.05, 0.1) is 0 Å². The molecule has 0 radical (unpaired) electrons. The smallest absolute Gasteiger partial charge is 1.00 e. The zero-order valence-electron chi connectivity index (χ0n) is 2.17. The van der Waals surface area contributed by atoms with Crippen LogP contribution in [-0.4, -0.2) is 86.6 Å². The van der Waals surface area contributed by atoms with Gasteiger partial charge in [-0.2, -0.15) is 0 Å². The molecule has 0 rings (SSSR count). The Kier molecular flexibility index (Phi) is 115. The first-order chi connectivity index (χ1) is 0. The quantitative estimate of drug-likeness (QED) is 0.364. The fourth-order valence-corrected chi connectivity index (χ4v) is 0. The van der Waals surface area contributed by atoms with Crippen molar-refractivity contribution in [3.8, 4) is 0 Å². The largest absolute Gasteiger partial charge is 2.00 e. The molecule has 0 aliphatic heterocycles. The van der Waals surface area contributed by atoms with E-state index in [9.17, 15) is 0 Å². The first-order valence-corrected chi connectivity index (χ1v) is 0. The molecule has 0 N–H and O–H groups in total. The molecular weight excluding hydrogens is 232 g/mol. The molecule has 0 aliphatic carbocycles. The SMILES string of the molecule is [Ba+2].[Ca+2].[Cl-].[F-]. The third-order valence-corrected chi connectivity index (χ3v) is 0. The van der Waals surface area contributed by atoms with Crippen LogP contribution in [-0.2, 0) is 0 Å². The van der Waals surface area contributed by atoms with Crippen LogP contribution in [0.3, 0.4) is 0 Å². The Morgan fingerprint density at radius 2 is 1.00 bits per heavy atom. The predicted octanol–water partition coefficient (Wildman–Crippen LogP) is -6.75. The van der Waals surface area contributed by atoms with Gasteiger partial charge in [-0.25, -0.2) is 0 Å². The Bertz CT molecular complexity index is 8.00. The van der Waals surface area contributed by atoms with Gasteiger partial charge in [-0.1, -0.05) is 0 Å². The Labute approximate surface area is 101 Å². The van der Waals surface area contributed by atoms with E-state index in [-0.39, 0.29) is 104 Å². The summed E-state index contributed by atoms with van der Waals surface area (Å²) >= 11 is 0. The molecule has 4 heteroatoms. The molecule has 0 saturated carbocycles. The van der Waals surface area contributed by atoms with Crippen molar-refractivity contribution in [1.82, 2.24) is 0 Å². The average molecular weight is 232 g/mol.